The average molecular weight is 278 g/mol. The number of fused-ring (bicyclic) bond motifs is 1. The summed E-state index contributed by atoms with van der Waals surface area (Å²) in [6, 6.07) is 0.802. The van der Waals surface area contributed by atoms with Crippen LogP contribution in [0.25, 0.3) is 0 Å². The molecule has 0 spiro atoms. The van der Waals surface area contributed by atoms with E-state index in [1.54, 1.807) is 4.90 Å². The molecular weight excluding hydrogens is 264 g/mol. The minimum absolute atomic E-state index is 0.0396. The van der Waals surface area contributed by atoms with Crippen LogP contribution in [0.1, 0.15) is 29.0 Å². The van der Waals surface area contributed by atoms with Gasteiger partial charge in [-0.05, 0) is 18.9 Å². The van der Waals surface area contributed by atoms with E-state index in [4.69, 9.17) is 4.42 Å². The molecule has 1 unspecified atom stereocenters. The summed E-state index contributed by atoms with van der Waals surface area (Å²) in [6.45, 7) is 0.565. The van der Waals surface area contributed by atoms with Gasteiger partial charge in [0.25, 0.3) is 5.91 Å². The first-order valence-electron chi connectivity index (χ1n) is 6.40. The molecule has 2 aliphatic rings. The molecule has 0 radical (unpaired) electrons. The van der Waals surface area contributed by atoms with Crippen LogP contribution in [0.3, 0.4) is 0 Å². The number of nitrogens with zero attached hydrogens (tertiary/aromatic N) is 2. The molecule has 1 aromatic heterocycles. The zero-order chi connectivity index (χ0) is 14.3. The second-order valence-corrected chi connectivity index (χ2v) is 4.81. The Kier molecular flexibility index (Phi) is 2.96. The van der Waals surface area contributed by atoms with Crippen molar-refractivity contribution in [3.05, 3.63) is 23.7 Å². The second-order valence-electron chi connectivity index (χ2n) is 4.81. The third-order valence-electron chi connectivity index (χ3n) is 3.73. The molecule has 3 rings (SSSR count). The van der Waals surface area contributed by atoms with Gasteiger partial charge in [0.15, 0.2) is 0 Å². The molecule has 3 heterocycles. The molecule has 7 nitrogen and oxygen atoms in total. The minimum atomic E-state index is -0.548. The molecule has 2 saturated heterocycles. The minimum Gasteiger partial charge on any atom is -0.467 e. The van der Waals surface area contributed by atoms with E-state index >= 15 is 0 Å². The summed E-state index contributed by atoms with van der Waals surface area (Å²) in [6.07, 6.45) is 2.89. The number of hydrogen-bond donors (Lipinski definition) is 0. The third kappa shape index (κ3) is 1.77. The van der Waals surface area contributed by atoms with Crippen LogP contribution in [-0.2, 0) is 16.1 Å². The van der Waals surface area contributed by atoms with E-state index in [0.29, 0.717) is 13.0 Å². The number of urea groups is 1. The van der Waals surface area contributed by atoms with Crippen molar-refractivity contribution in [1.82, 2.24) is 9.80 Å². The molecule has 2 aliphatic heterocycles. The van der Waals surface area contributed by atoms with Crippen LogP contribution in [0, 0.1) is 0 Å². The van der Waals surface area contributed by atoms with E-state index in [1.165, 1.54) is 19.4 Å². The lowest BCUT2D eigenvalue weighted by Gasteiger charge is -2.14. The molecule has 7 heteroatoms. The van der Waals surface area contributed by atoms with Crippen LogP contribution in [0.4, 0.5) is 4.79 Å². The van der Waals surface area contributed by atoms with Crippen LogP contribution in [-0.4, -0.2) is 47.4 Å². The molecule has 1 atom stereocenters. The Bertz CT molecular complexity index is 557. The summed E-state index contributed by atoms with van der Waals surface area (Å²) < 4.78 is 9.83. The molecule has 0 saturated carbocycles. The Morgan fingerprint density at radius 2 is 2.30 bits per heavy atom. The topological polar surface area (TPSA) is 80.1 Å². The number of esters is 1. The van der Waals surface area contributed by atoms with E-state index in [0.717, 1.165) is 11.3 Å². The summed E-state index contributed by atoms with van der Waals surface area (Å²) in [5.74, 6) is -0.507. The van der Waals surface area contributed by atoms with Crippen LogP contribution in [0.2, 0.25) is 0 Å². The van der Waals surface area contributed by atoms with Crippen LogP contribution in [0.5, 0.6) is 0 Å². The van der Waals surface area contributed by atoms with E-state index in [2.05, 4.69) is 4.74 Å². The van der Waals surface area contributed by atoms with Crippen molar-refractivity contribution in [1.29, 1.82) is 0 Å². The van der Waals surface area contributed by atoms with Gasteiger partial charge in [-0.3, -0.25) is 9.69 Å². The SMILES string of the molecule is COC(=O)c1ccoc1CN1C(=O)C2CCCN2C1=O. The van der Waals surface area contributed by atoms with Gasteiger partial charge in [-0.1, -0.05) is 0 Å². The number of rotatable bonds is 3. The Balaban J connectivity index is 1.82. The lowest BCUT2D eigenvalue weighted by molar-refractivity contribution is -0.128. The fourth-order valence-corrected chi connectivity index (χ4v) is 2.73. The summed E-state index contributed by atoms with van der Waals surface area (Å²) in [5, 5.41) is 0. The number of ether oxygens (including phenoxy) is 1. The maximum absolute atomic E-state index is 12.2. The highest BCUT2D eigenvalue weighted by Crippen LogP contribution is 2.29. The number of carbonyl (C=O) groups is 3. The van der Waals surface area contributed by atoms with Gasteiger partial charge in [-0.25, -0.2) is 9.59 Å². The molecule has 1 aromatic rings. The molecule has 0 aliphatic carbocycles. The van der Waals surface area contributed by atoms with Crippen molar-refractivity contribution in [2.45, 2.75) is 25.4 Å². The molecule has 0 bridgehead atoms. The van der Waals surface area contributed by atoms with Gasteiger partial charge in [0.05, 0.1) is 19.9 Å². The van der Waals surface area contributed by atoms with Gasteiger partial charge in [-0.2, -0.15) is 0 Å². The molecule has 3 amide bonds. The van der Waals surface area contributed by atoms with Gasteiger partial charge in [-0.15, -0.1) is 0 Å². The van der Waals surface area contributed by atoms with Gasteiger partial charge in [0, 0.05) is 6.54 Å². The van der Waals surface area contributed by atoms with E-state index < -0.39 is 5.97 Å². The largest absolute Gasteiger partial charge is 0.467 e. The van der Waals surface area contributed by atoms with Crippen molar-refractivity contribution in [3.63, 3.8) is 0 Å². The summed E-state index contributed by atoms with van der Waals surface area (Å²) in [4.78, 5) is 38.6. The monoisotopic (exact) mass is 278 g/mol. The summed E-state index contributed by atoms with van der Waals surface area (Å²) >= 11 is 0. The number of methoxy groups -OCH3 is 1. The van der Waals surface area contributed by atoms with Gasteiger partial charge in [0.2, 0.25) is 0 Å². The van der Waals surface area contributed by atoms with Crippen molar-refractivity contribution in [2.24, 2.45) is 0 Å². The zero-order valence-electron chi connectivity index (χ0n) is 11.0. The normalized spacial score (nSPS) is 21.6. The Labute approximate surface area is 115 Å². The highest BCUT2D eigenvalue weighted by atomic mass is 16.5. The van der Waals surface area contributed by atoms with Crippen molar-refractivity contribution in [2.75, 3.05) is 13.7 Å². The van der Waals surface area contributed by atoms with Crippen LogP contribution < -0.4 is 0 Å². The number of imide groups is 1. The summed E-state index contributed by atoms with van der Waals surface area (Å²) in [5.41, 5.74) is 0.236. The van der Waals surface area contributed by atoms with Crippen molar-refractivity contribution >= 4 is 17.9 Å². The Morgan fingerprint density at radius 3 is 3.00 bits per heavy atom. The lowest BCUT2D eigenvalue weighted by atomic mass is 10.2. The highest BCUT2D eigenvalue weighted by molar-refractivity contribution is 6.04. The number of amides is 3. The maximum atomic E-state index is 12.2. The Morgan fingerprint density at radius 1 is 1.50 bits per heavy atom. The van der Waals surface area contributed by atoms with Crippen molar-refractivity contribution < 1.29 is 23.5 Å². The molecule has 20 heavy (non-hydrogen) atoms. The maximum Gasteiger partial charge on any atom is 0.341 e. The van der Waals surface area contributed by atoms with Crippen molar-refractivity contribution in [3.8, 4) is 0 Å². The fourth-order valence-electron chi connectivity index (χ4n) is 2.73. The smallest absolute Gasteiger partial charge is 0.341 e. The van der Waals surface area contributed by atoms with E-state index in [-0.39, 0.29) is 35.8 Å². The molecule has 2 fully saturated rings. The van der Waals surface area contributed by atoms with Crippen LogP contribution >= 0.6 is 0 Å². The highest BCUT2D eigenvalue weighted by Gasteiger charge is 2.47. The van der Waals surface area contributed by atoms with Gasteiger partial charge in [0.1, 0.15) is 17.4 Å². The first kappa shape index (κ1) is 12.7. The number of hydrogen-bond acceptors (Lipinski definition) is 5. The Hall–Kier alpha value is -2.31. The van der Waals surface area contributed by atoms with E-state index in [1.807, 2.05) is 0 Å². The third-order valence-corrected chi connectivity index (χ3v) is 3.73. The first-order chi connectivity index (χ1) is 9.63. The quantitative estimate of drug-likeness (QED) is 0.608. The van der Waals surface area contributed by atoms with Gasteiger partial charge < -0.3 is 14.1 Å². The molecule has 0 aromatic carbocycles. The van der Waals surface area contributed by atoms with E-state index in [9.17, 15) is 14.4 Å². The van der Waals surface area contributed by atoms with Gasteiger partial charge >= 0.3 is 12.0 Å². The molecular formula is C13H14N2O5. The zero-order valence-corrected chi connectivity index (χ0v) is 11.0. The van der Waals surface area contributed by atoms with Crippen LogP contribution in [0.15, 0.2) is 16.7 Å². The number of carbonyl (C=O) groups excluding carboxylic acids is 3. The average Bonchev–Trinajstić information content (AvgIpc) is 3.14. The first-order valence-corrected chi connectivity index (χ1v) is 6.40. The predicted molar refractivity (Wildman–Crippen MR) is 65.7 cm³/mol. The molecule has 0 N–H and O–H groups in total. The fraction of sp³-hybridized carbons (Fsp3) is 0.462. The molecule has 106 valence electrons. The predicted octanol–water partition coefficient (Wildman–Crippen LogP) is 0.993. The summed E-state index contributed by atoms with van der Waals surface area (Å²) in [7, 11) is 1.27. The second kappa shape index (κ2) is 4.66. The lowest BCUT2D eigenvalue weighted by Crippen LogP contribution is -2.33. The standard InChI is InChI=1S/C13H14N2O5/c1-19-12(17)8-4-6-20-10(8)7-15-11(16)9-3-2-5-14(9)13(15)18/h4,6,9H,2-3,5,7H2,1H3. The number of furan rings is 1.